The van der Waals surface area contributed by atoms with Gasteiger partial charge in [0.2, 0.25) is 0 Å². The maximum atomic E-state index is 3.92. The molecule has 0 heterocycles. The molecule has 0 rings (SSSR count). The Morgan fingerprint density at radius 2 is 1.50 bits per heavy atom. The van der Waals surface area contributed by atoms with Gasteiger partial charge in [0.1, 0.15) is 0 Å². The zero-order valence-electron chi connectivity index (χ0n) is 14.0. The predicted molar refractivity (Wildman–Crippen MR) is 140 cm³/mol. The second kappa shape index (κ2) is 44.0. The Hall–Kier alpha value is 1.04. The minimum Gasteiger partial charge on any atom is -0.178 e. The number of hydrogen-bond donors (Lipinski definition) is 5. The van der Waals surface area contributed by atoms with Crippen LogP contribution in [0.3, 0.4) is 0 Å². The van der Waals surface area contributed by atoms with Crippen molar-refractivity contribution in [2.24, 2.45) is 0 Å². The van der Waals surface area contributed by atoms with Crippen molar-refractivity contribution in [2.45, 2.75) is 20.3 Å². The average molecular weight is 473 g/mol. The molecule has 0 amide bonds. The summed E-state index contributed by atoms with van der Waals surface area (Å²) in [6, 6.07) is 0. The van der Waals surface area contributed by atoms with Gasteiger partial charge < -0.3 is 0 Å². The quantitative estimate of drug-likeness (QED) is 0.205. The summed E-state index contributed by atoms with van der Waals surface area (Å²) < 4.78 is 0. The first-order valence-electron chi connectivity index (χ1n) is 6.40. The Morgan fingerprint density at radius 3 is 1.67 bits per heavy atom. The topological polar surface area (TPSA) is 0 Å². The van der Waals surface area contributed by atoms with Crippen LogP contribution in [0.25, 0.3) is 0 Å². The third-order valence-electron chi connectivity index (χ3n) is 1.11. The van der Waals surface area contributed by atoms with Gasteiger partial charge in [-0.05, 0) is 39.4 Å². The van der Waals surface area contributed by atoms with Crippen LogP contribution >= 0.6 is 98.4 Å². The molecule has 0 unspecified atom stereocenters. The molecule has 0 aliphatic carbocycles. The summed E-state index contributed by atoms with van der Waals surface area (Å²) in [4.78, 5) is 0. The Labute approximate surface area is 189 Å². The summed E-state index contributed by atoms with van der Waals surface area (Å²) in [7, 11) is 0. The highest BCUT2D eigenvalue weighted by Gasteiger charge is 1.65. The molecular formula is C16H24S8. The van der Waals surface area contributed by atoms with E-state index in [0.717, 1.165) is 28.8 Å². The molecule has 136 valence electrons. The molecule has 0 aliphatic heterocycles. The Morgan fingerprint density at radius 1 is 0.875 bits per heavy atom. The SMILES string of the molecule is CC#CSCS.CCSC#CS.CSCC#CS.SC#CCCS. The van der Waals surface area contributed by atoms with E-state index >= 15 is 0 Å². The maximum absolute atomic E-state index is 3.92. The highest BCUT2D eigenvalue weighted by atomic mass is 32.2. The number of rotatable bonds is 4. The first kappa shape index (κ1) is 32.7. The van der Waals surface area contributed by atoms with Gasteiger partial charge in [0.25, 0.3) is 0 Å². The molecule has 0 atom stereocenters. The van der Waals surface area contributed by atoms with Crippen molar-refractivity contribution >= 4 is 98.4 Å². The number of thiol groups is 5. The minimum absolute atomic E-state index is 0.792. The highest BCUT2D eigenvalue weighted by molar-refractivity contribution is 8.12. The normalized spacial score (nSPS) is 6.33. The van der Waals surface area contributed by atoms with E-state index < -0.39 is 0 Å². The third-order valence-corrected chi connectivity index (χ3v) is 3.75. The van der Waals surface area contributed by atoms with Crippen molar-refractivity contribution in [1.29, 1.82) is 0 Å². The fraction of sp³-hybridized carbons (Fsp3) is 0.500. The number of hydrogen-bond acceptors (Lipinski definition) is 8. The lowest BCUT2D eigenvalue weighted by atomic mass is 10.5. The fourth-order valence-corrected chi connectivity index (χ4v) is 1.86. The molecule has 0 N–H and O–H groups in total. The summed E-state index contributed by atoms with van der Waals surface area (Å²) in [6.07, 6.45) is 2.85. The first-order chi connectivity index (χ1) is 11.7. The van der Waals surface area contributed by atoms with Gasteiger partial charge in [-0.3, -0.25) is 0 Å². The van der Waals surface area contributed by atoms with Crippen molar-refractivity contribution < 1.29 is 0 Å². The molecule has 0 aromatic carbocycles. The summed E-state index contributed by atoms with van der Waals surface area (Å²) in [5, 5.41) is 13.7. The molecule has 0 aromatic heterocycles. The Bertz CT molecular complexity index is 357. The molecule has 0 spiro atoms. The van der Waals surface area contributed by atoms with Gasteiger partial charge in [0.05, 0.1) is 5.75 Å². The molecule has 0 saturated carbocycles. The molecule has 0 aromatic rings. The van der Waals surface area contributed by atoms with Gasteiger partial charge in [-0.2, -0.15) is 37.0 Å². The summed E-state index contributed by atoms with van der Waals surface area (Å²) in [5.41, 5.74) is 0. The van der Waals surface area contributed by atoms with Gasteiger partial charge >= 0.3 is 0 Å². The number of thioether (sulfide) groups is 3. The lowest BCUT2D eigenvalue weighted by molar-refractivity contribution is 1.31. The standard InChI is InChI=1S/4C4H6S2/c1-6-4-2-3-5;1-2-6-4-3-5;1-2-3-6-4-5;5-3-1-2-4-6/h5H,4H2,1H3;5H,2H2,1H3;5H,4H2,1H3;5-6H,1,3H2. The van der Waals surface area contributed by atoms with E-state index in [1.807, 2.05) is 13.2 Å². The van der Waals surface area contributed by atoms with Gasteiger partial charge in [-0.15, -0.1) is 0 Å². The first-order valence-corrected chi connectivity index (χ1v) is 12.4. The lowest BCUT2D eigenvalue weighted by Crippen LogP contribution is -1.62. The third kappa shape index (κ3) is 65.8. The van der Waals surface area contributed by atoms with E-state index in [-0.39, 0.29) is 0 Å². The second-order valence-electron chi connectivity index (χ2n) is 2.76. The van der Waals surface area contributed by atoms with Crippen molar-refractivity contribution in [3.8, 4) is 44.0 Å². The van der Waals surface area contributed by atoms with E-state index in [2.05, 4.69) is 114 Å². The molecular weight excluding hydrogens is 449 g/mol. The van der Waals surface area contributed by atoms with Crippen LogP contribution in [-0.2, 0) is 0 Å². The maximum Gasteiger partial charge on any atom is 0.0553 e. The van der Waals surface area contributed by atoms with Crippen LogP contribution in [0.2, 0.25) is 0 Å². The molecule has 0 fully saturated rings. The molecule has 0 aliphatic rings. The van der Waals surface area contributed by atoms with E-state index in [1.54, 1.807) is 23.5 Å². The summed E-state index contributed by atoms with van der Waals surface area (Å²) in [5.74, 6) is 11.0. The Balaban J connectivity index is -0.000000111. The monoisotopic (exact) mass is 472 g/mol. The molecule has 0 nitrogen and oxygen atoms in total. The zero-order valence-corrected chi connectivity index (χ0v) is 20.9. The molecule has 0 bridgehead atoms. The lowest BCUT2D eigenvalue weighted by Gasteiger charge is -1.72. The average Bonchev–Trinajstić information content (AvgIpc) is 2.62. The van der Waals surface area contributed by atoms with E-state index in [0.29, 0.717) is 0 Å². The van der Waals surface area contributed by atoms with Crippen molar-refractivity contribution in [1.82, 2.24) is 0 Å². The van der Waals surface area contributed by atoms with E-state index in [1.165, 1.54) is 11.8 Å². The van der Waals surface area contributed by atoms with Crippen LogP contribution in [0.15, 0.2) is 0 Å². The second-order valence-corrected chi connectivity index (χ2v) is 7.34. The zero-order chi connectivity index (χ0) is 19.3. The van der Waals surface area contributed by atoms with Crippen LogP contribution in [0.5, 0.6) is 0 Å². The van der Waals surface area contributed by atoms with Crippen LogP contribution in [0.4, 0.5) is 0 Å². The molecule has 24 heavy (non-hydrogen) atoms. The van der Waals surface area contributed by atoms with Crippen LogP contribution in [0, 0.1) is 44.0 Å². The molecule has 0 radical (unpaired) electrons. The minimum atomic E-state index is 0.792. The van der Waals surface area contributed by atoms with Crippen molar-refractivity contribution in [3.05, 3.63) is 0 Å². The van der Waals surface area contributed by atoms with Crippen LogP contribution in [0.1, 0.15) is 20.3 Å². The van der Waals surface area contributed by atoms with Crippen molar-refractivity contribution in [2.75, 3.05) is 28.6 Å². The summed E-state index contributed by atoms with van der Waals surface area (Å²) in [6.45, 7) is 3.87. The van der Waals surface area contributed by atoms with Gasteiger partial charge in [0.15, 0.2) is 0 Å². The van der Waals surface area contributed by atoms with E-state index in [9.17, 15) is 0 Å². The van der Waals surface area contributed by atoms with Crippen LogP contribution in [-0.4, -0.2) is 28.6 Å². The predicted octanol–water partition coefficient (Wildman–Crippen LogP) is 5.61. The largest absolute Gasteiger partial charge is 0.178 e. The van der Waals surface area contributed by atoms with Gasteiger partial charge in [-0.1, -0.05) is 86.1 Å². The molecule has 0 saturated heterocycles. The smallest absolute Gasteiger partial charge is 0.0553 e. The van der Waals surface area contributed by atoms with Gasteiger partial charge in [-0.25, -0.2) is 0 Å². The highest BCUT2D eigenvalue weighted by Crippen LogP contribution is 1.96. The summed E-state index contributed by atoms with van der Waals surface area (Å²) >= 11 is 23.6. The van der Waals surface area contributed by atoms with Crippen molar-refractivity contribution in [3.63, 3.8) is 0 Å². The van der Waals surface area contributed by atoms with Gasteiger partial charge in [0, 0.05) is 23.0 Å². The van der Waals surface area contributed by atoms with E-state index in [4.69, 9.17) is 0 Å². The fourth-order valence-electron chi connectivity index (χ4n) is 0.425. The Kier molecular flexibility index (Phi) is 59.9. The van der Waals surface area contributed by atoms with Crippen LogP contribution < -0.4 is 0 Å². The molecule has 8 heteroatoms.